The number of aliphatic hydroxyl groups is 1. The minimum atomic E-state index is -1.96. The van der Waals surface area contributed by atoms with Crippen LogP contribution in [0.5, 0.6) is 0 Å². The molecule has 23 heavy (non-hydrogen) atoms. The molecule has 1 atom stereocenters. The van der Waals surface area contributed by atoms with Gasteiger partial charge in [-0.1, -0.05) is 23.7 Å². The van der Waals surface area contributed by atoms with E-state index in [0.29, 0.717) is 10.6 Å². The van der Waals surface area contributed by atoms with Crippen molar-refractivity contribution in [2.75, 3.05) is 0 Å². The molecule has 2 aromatic rings. The topological polar surface area (TPSA) is 46.5 Å². The van der Waals surface area contributed by atoms with Crippen molar-refractivity contribution in [1.82, 2.24) is 0 Å². The van der Waals surface area contributed by atoms with Gasteiger partial charge in [-0.3, -0.25) is 0 Å². The summed E-state index contributed by atoms with van der Waals surface area (Å²) in [5.41, 5.74) is -0.000347. The minimum absolute atomic E-state index is 0.0590. The lowest BCUT2D eigenvalue weighted by Crippen LogP contribution is -2.26. The normalized spacial score (nSPS) is 20.8. The summed E-state index contributed by atoms with van der Waals surface area (Å²) in [6.45, 7) is 1.26. The molecule has 1 aliphatic heterocycles. The number of benzene rings is 2. The van der Waals surface area contributed by atoms with Crippen molar-refractivity contribution >= 4 is 28.7 Å². The van der Waals surface area contributed by atoms with Gasteiger partial charge < -0.3 is 9.84 Å². The maximum atomic E-state index is 14.1. The first kappa shape index (κ1) is 15.6. The molecule has 0 aliphatic carbocycles. The number of hydrogen-bond donors (Lipinski definition) is 1. The molecule has 0 aromatic heterocycles. The van der Waals surface area contributed by atoms with Gasteiger partial charge in [-0.15, -0.1) is 0 Å². The van der Waals surface area contributed by atoms with Gasteiger partial charge in [0.25, 0.3) is 0 Å². The molecule has 1 N–H and O–H groups in total. The van der Waals surface area contributed by atoms with E-state index in [2.05, 4.69) is 0 Å². The Morgan fingerprint density at radius 2 is 1.78 bits per heavy atom. The number of carbonyl (C=O) groups is 1. The van der Waals surface area contributed by atoms with E-state index in [-0.39, 0.29) is 16.7 Å². The highest BCUT2D eigenvalue weighted by atomic mass is 35.5. The molecule has 0 amide bonds. The van der Waals surface area contributed by atoms with E-state index in [0.717, 1.165) is 18.2 Å². The SMILES string of the molecule is CC1(O)OC(=O)C(c2cc(F)ccc2F)=C1c1ccc(Cl)cc1. The van der Waals surface area contributed by atoms with E-state index < -0.39 is 23.4 Å². The standard InChI is InChI=1S/C17H11ClF2O3/c1-17(22)15(9-2-4-10(18)5-3-9)14(16(21)23-17)12-8-11(19)6-7-13(12)20/h2-8,22H,1H3. The summed E-state index contributed by atoms with van der Waals surface area (Å²) in [7, 11) is 0. The zero-order valence-electron chi connectivity index (χ0n) is 11.9. The van der Waals surface area contributed by atoms with Gasteiger partial charge in [0.15, 0.2) is 0 Å². The van der Waals surface area contributed by atoms with Crippen LogP contribution >= 0.6 is 11.6 Å². The first-order valence-corrected chi connectivity index (χ1v) is 7.09. The molecule has 0 bridgehead atoms. The molecule has 3 nitrogen and oxygen atoms in total. The van der Waals surface area contributed by atoms with E-state index in [1.165, 1.54) is 6.92 Å². The van der Waals surface area contributed by atoms with Crippen LogP contribution in [0.4, 0.5) is 8.78 Å². The Labute approximate surface area is 135 Å². The third-order valence-electron chi connectivity index (χ3n) is 3.54. The van der Waals surface area contributed by atoms with Gasteiger partial charge in [0.05, 0.1) is 5.57 Å². The van der Waals surface area contributed by atoms with Crippen molar-refractivity contribution < 1.29 is 23.4 Å². The van der Waals surface area contributed by atoms with Gasteiger partial charge in [-0.25, -0.2) is 13.6 Å². The average Bonchev–Trinajstić information content (AvgIpc) is 2.71. The minimum Gasteiger partial charge on any atom is -0.425 e. The molecular formula is C17H11ClF2O3. The second-order valence-corrected chi connectivity index (χ2v) is 5.69. The Kier molecular flexibility index (Phi) is 3.70. The monoisotopic (exact) mass is 336 g/mol. The Bertz CT molecular complexity index is 826. The lowest BCUT2D eigenvalue weighted by molar-refractivity contribution is -0.169. The molecule has 6 heteroatoms. The molecule has 1 aliphatic rings. The summed E-state index contributed by atoms with van der Waals surface area (Å²) in [5, 5.41) is 10.8. The lowest BCUT2D eigenvalue weighted by atomic mass is 9.91. The number of carbonyl (C=O) groups excluding carboxylic acids is 1. The fourth-order valence-electron chi connectivity index (χ4n) is 2.58. The van der Waals surface area contributed by atoms with Crippen LogP contribution in [0.1, 0.15) is 18.1 Å². The largest absolute Gasteiger partial charge is 0.425 e. The Morgan fingerprint density at radius 3 is 2.43 bits per heavy atom. The van der Waals surface area contributed by atoms with E-state index in [9.17, 15) is 18.7 Å². The summed E-state index contributed by atoms with van der Waals surface area (Å²) in [5.74, 6) is -4.38. The summed E-state index contributed by atoms with van der Waals surface area (Å²) < 4.78 is 32.5. The van der Waals surface area contributed by atoms with Crippen molar-refractivity contribution in [1.29, 1.82) is 0 Å². The van der Waals surface area contributed by atoms with Crippen molar-refractivity contribution in [3.8, 4) is 0 Å². The third-order valence-corrected chi connectivity index (χ3v) is 3.79. The number of cyclic esters (lactones) is 1. The first-order chi connectivity index (χ1) is 10.8. The highest BCUT2D eigenvalue weighted by Crippen LogP contribution is 2.43. The van der Waals surface area contributed by atoms with E-state index in [1.807, 2.05) is 0 Å². The zero-order valence-corrected chi connectivity index (χ0v) is 12.7. The van der Waals surface area contributed by atoms with Crippen molar-refractivity contribution in [2.45, 2.75) is 12.7 Å². The molecule has 3 rings (SSSR count). The van der Waals surface area contributed by atoms with Gasteiger partial charge in [0, 0.05) is 23.1 Å². The van der Waals surface area contributed by atoms with Crippen LogP contribution in [-0.2, 0) is 9.53 Å². The molecule has 2 aromatic carbocycles. The highest BCUT2D eigenvalue weighted by Gasteiger charge is 2.44. The zero-order chi connectivity index (χ0) is 16.8. The number of esters is 1. The molecule has 0 spiro atoms. The van der Waals surface area contributed by atoms with Crippen LogP contribution in [0.25, 0.3) is 11.1 Å². The molecular weight excluding hydrogens is 326 g/mol. The van der Waals surface area contributed by atoms with E-state index in [1.54, 1.807) is 24.3 Å². The predicted octanol–water partition coefficient (Wildman–Crippen LogP) is 3.79. The molecule has 1 unspecified atom stereocenters. The van der Waals surface area contributed by atoms with E-state index >= 15 is 0 Å². The first-order valence-electron chi connectivity index (χ1n) is 6.71. The fourth-order valence-corrected chi connectivity index (χ4v) is 2.70. The summed E-state index contributed by atoms with van der Waals surface area (Å²) in [6.07, 6.45) is 0. The molecule has 0 saturated carbocycles. The van der Waals surface area contributed by atoms with Crippen LogP contribution in [-0.4, -0.2) is 16.9 Å². The average molecular weight is 337 g/mol. The Balaban J connectivity index is 2.31. The predicted molar refractivity (Wildman–Crippen MR) is 81.3 cm³/mol. The van der Waals surface area contributed by atoms with Gasteiger partial charge in [0.2, 0.25) is 5.79 Å². The molecule has 0 radical (unpaired) electrons. The Hall–Kier alpha value is -2.24. The quantitative estimate of drug-likeness (QED) is 0.849. The molecule has 118 valence electrons. The molecule has 0 saturated heterocycles. The number of hydrogen-bond acceptors (Lipinski definition) is 3. The smallest absolute Gasteiger partial charge is 0.342 e. The lowest BCUT2D eigenvalue weighted by Gasteiger charge is -2.20. The van der Waals surface area contributed by atoms with Crippen molar-refractivity contribution in [3.63, 3.8) is 0 Å². The van der Waals surface area contributed by atoms with Crippen LogP contribution in [0.3, 0.4) is 0 Å². The highest BCUT2D eigenvalue weighted by molar-refractivity contribution is 6.31. The van der Waals surface area contributed by atoms with Crippen LogP contribution in [0.2, 0.25) is 5.02 Å². The van der Waals surface area contributed by atoms with Crippen LogP contribution < -0.4 is 0 Å². The number of rotatable bonds is 2. The molecule has 0 fully saturated rings. The maximum Gasteiger partial charge on any atom is 0.342 e. The second-order valence-electron chi connectivity index (χ2n) is 5.25. The number of halogens is 3. The van der Waals surface area contributed by atoms with Crippen molar-refractivity contribution in [2.24, 2.45) is 0 Å². The van der Waals surface area contributed by atoms with Gasteiger partial charge in [-0.05, 0) is 35.9 Å². The van der Waals surface area contributed by atoms with E-state index in [4.69, 9.17) is 16.3 Å². The third kappa shape index (κ3) is 2.73. The summed E-state index contributed by atoms with van der Waals surface area (Å²) in [4.78, 5) is 12.1. The van der Waals surface area contributed by atoms with Gasteiger partial charge in [-0.2, -0.15) is 0 Å². The van der Waals surface area contributed by atoms with Crippen LogP contribution in [0.15, 0.2) is 42.5 Å². The Morgan fingerprint density at radius 1 is 1.13 bits per heavy atom. The second kappa shape index (κ2) is 5.44. The number of ether oxygens (including phenoxy) is 1. The molecule has 1 heterocycles. The fraction of sp³-hybridized carbons (Fsp3) is 0.118. The van der Waals surface area contributed by atoms with Crippen LogP contribution in [0, 0.1) is 11.6 Å². The van der Waals surface area contributed by atoms with Gasteiger partial charge >= 0.3 is 5.97 Å². The summed E-state index contributed by atoms with van der Waals surface area (Å²) in [6, 6.07) is 8.99. The van der Waals surface area contributed by atoms with Crippen molar-refractivity contribution in [3.05, 3.63) is 70.2 Å². The van der Waals surface area contributed by atoms with Gasteiger partial charge in [0.1, 0.15) is 11.6 Å². The maximum absolute atomic E-state index is 14.1. The summed E-state index contributed by atoms with van der Waals surface area (Å²) >= 11 is 5.83.